The summed E-state index contributed by atoms with van der Waals surface area (Å²) >= 11 is 7.85. The summed E-state index contributed by atoms with van der Waals surface area (Å²) in [6.07, 6.45) is 5.00. The molecule has 0 atom stereocenters. The molecule has 4 nitrogen and oxygen atoms in total. The number of halogens is 1. The Kier molecular flexibility index (Phi) is 6.45. The summed E-state index contributed by atoms with van der Waals surface area (Å²) in [4.78, 5) is 6.88. The van der Waals surface area contributed by atoms with Crippen LogP contribution >= 0.6 is 23.4 Å². The highest BCUT2D eigenvalue weighted by molar-refractivity contribution is 7.98. The Morgan fingerprint density at radius 2 is 2.24 bits per heavy atom. The van der Waals surface area contributed by atoms with Crippen molar-refractivity contribution in [2.45, 2.75) is 13.0 Å². The smallest absolute Gasteiger partial charge is 0.165 e. The monoisotopic (exact) mass is 378 g/mol. The van der Waals surface area contributed by atoms with Crippen LogP contribution in [0.3, 0.4) is 0 Å². The van der Waals surface area contributed by atoms with Crippen LogP contribution in [0.1, 0.15) is 12.0 Å². The van der Waals surface area contributed by atoms with Crippen LogP contribution in [0, 0.1) is 0 Å². The molecule has 0 unspecified atom stereocenters. The number of methoxy groups -OCH3 is 1. The molecule has 0 fully saturated rings. The van der Waals surface area contributed by atoms with Crippen molar-refractivity contribution in [2.75, 3.05) is 38.8 Å². The van der Waals surface area contributed by atoms with E-state index in [1.165, 1.54) is 12.2 Å². The summed E-state index contributed by atoms with van der Waals surface area (Å²) in [6.45, 7) is 3.55. The fraction of sp³-hybridized carbons (Fsp3) is 0.421. The zero-order chi connectivity index (χ0) is 17.6. The molecule has 134 valence electrons. The van der Waals surface area contributed by atoms with Crippen LogP contribution in [0.15, 0.2) is 30.5 Å². The van der Waals surface area contributed by atoms with E-state index in [0.29, 0.717) is 11.6 Å². The lowest BCUT2D eigenvalue weighted by Crippen LogP contribution is -2.27. The molecule has 0 spiro atoms. The quantitative estimate of drug-likeness (QED) is 0.698. The van der Waals surface area contributed by atoms with E-state index in [0.717, 1.165) is 48.0 Å². The highest BCUT2D eigenvalue weighted by atomic mass is 35.5. The van der Waals surface area contributed by atoms with Crippen LogP contribution in [0.25, 0.3) is 11.3 Å². The van der Waals surface area contributed by atoms with E-state index < -0.39 is 0 Å². The summed E-state index contributed by atoms with van der Waals surface area (Å²) < 4.78 is 11.6. The Morgan fingerprint density at radius 1 is 1.36 bits per heavy atom. The van der Waals surface area contributed by atoms with Gasteiger partial charge in [-0.3, -0.25) is 9.88 Å². The number of hydrogen-bond donors (Lipinski definition) is 0. The molecule has 0 aliphatic carbocycles. The third-order valence-electron chi connectivity index (χ3n) is 4.25. The predicted octanol–water partition coefficient (Wildman–Crippen LogP) is 4.36. The maximum atomic E-state index is 6.00. The normalized spacial score (nSPS) is 14.5. The second-order valence-corrected chi connectivity index (χ2v) is 7.42. The van der Waals surface area contributed by atoms with Gasteiger partial charge in [0.05, 0.1) is 17.8 Å². The summed E-state index contributed by atoms with van der Waals surface area (Å²) in [5.74, 6) is 2.80. The maximum absolute atomic E-state index is 6.00. The maximum Gasteiger partial charge on any atom is 0.165 e. The van der Waals surface area contributed by atoms with Crippen LogP contribution in [-0.4, -0.2) is 48.7 Å². The van der Waals surface area contributed by atoms with Crippen LogP contribution in [0.5, 0.6) is 11.5 Å². The average Bonchev–Trinajstić information content (AvgIpc) is 2.83. The van der Waals surface area contributed by atoms with Gasteiger partial charge >= 0.3 is 0 Å². The summed E-state index contributed by atoms with van der Waals surface area (Å²) in [5, 5.41) is 0.633. The van der Waals surface area contributed by atoms with Crippen molar-refractivity contribution in [3.8, 4) is 22.8 Å². The molecule has 0 saturated heterocycles. The molecule has 0 bridgehead atoms. The van der Waals surface area contributed by atoms with Gasteiger partial charge in [0, 0.05) is 30.4 Å². The van der Waals surface area contributed by atoms with E-state index in [4.69, 9.17) is 21.1 Å². The van der Waals surface area contributed by atoms with E-state index in [1.54, 1.807) is 13.3 Å². The van der Waals surface area contributed by atoms with Gasteiger partial charge in [-0.05, 0) is 49.2 Å². The van der Waals surface area contributed by atoms with Crippen molar-refractivity contribution < 1.29 is 9.47 Å². The molecule has 1 aliphatic rings. The minimum Gasteiger partial charge on any atom is -0.493 e. The molecule has 0 amide bonds. The van der Waals surface area contributed by atoms with Crippen molar-refractivity contribution in [1.29, 1.82) is 0 Å². The number of aromatic nitrogens is 1. The molecule has 2 heterocycles. The fourth-order valence-corrected chi connectivity index (χ4v) is 3.54. The second-order valence-electron chi connectivity index (χ2n) is 6.00. The van der Waals surface area contributed by atoms with E-state index in [9.17, 15) is 0 Å². The Bertz CT molecular complexity index is 709. The van der Waals surface area contributed by atoms with Gasteiger partial charge in [0.1, 0.15) is 6.61 Å². The molecule has 0 N–H and O–H groups in total. The first-order chi connectivity index (χ1) is 12.2. The number of thioether (sulfide) groups is 1. The fourth-order valence-electron chi connectivity index (χ4n) is 3.01. The zero-order valence-electron chi connectivity index (χ0n) is 14.6. The third kappa shape index (κ3) is 4.60. The van der Waals surface area contributed by atoms with Gasteiger partial charge in [-0.15, -0.1) is 0 Å². The Hall–Kier alpha value is -1.43. The van der Waals surface area contributed by atoms with E-state index >= 15 is 0 Å². The first-order valence-corrected chi connectivity index (χ1v) is 10.2. The number of ether oxygens (including phenoxy) is 2. The average molecular weight is 379 g/mol. The standard InChI is InChI=1S/C19H23ClN2O2S/c1-23-18-11-14(17-5-4-16(20)12-21-17)10-15-13-22(6-3-9-25-2)7-8-24-19(15)18/h4-5,10-12H,3,6-9,13H2,1-2H3. The molecular weight excluding hydrogens is 356 g/mol. The largest absolute Gasteiger partial charge is 0.493 e. The van der Waals surface area contributed by atoms with Crippen molar-refractivity contribution in [1.82, 2.24) is 9.88 Å². The van der Waals surface area contributed by atoms with Gasteiger partial charge in [-0.2, -0.15) is 11.8 Å². The molecular formula is C19H23ClN2O2S. The van der Waals surface area contributed by atoms with Gasteiger partial charge in [-0.1, -0.05) is 11.6 Å². The van der Waals surface area contributed by atoms with Crippen LogP contribution in [0.2, 0.25) is 5.02 Å². The number of rotatable bonds is 6. The molecule has 1 aromatic heterocycles. The lowest BCUT2D eigenvalue weighted by Gasteiger charge is -2.19. The van der Waals surface area contributed by atoms with Crippen LogP contribution in [-0.2, 0) is 6.54 Å². The number of fused-ring (bicyclic) bond motifs is 1. The van der Waals surface area contributed by atoms with Gasteiger partial charge in [0.15, 0.2) is 11.5 Å². The lowest BCUT2D eigenvalue weighted by molar-refractivity contribution is 0.223. The molecule has 0 radical (unpaired) electrons. The van der Waals surface area contributed by atoms with Gasteiger partial charge in [0.25, 0.3) is 0 Å². The SMILES string of the molecule is COc1cc(-c2ccc(Cl)cn2)cc2c1OCCN(CCCSC)C2. The van der Waals surface area contributed by atoms with E-state index in [-0.39, 0.29) is 0 Å². The van der Waals surface area contributed by atoms with Crippen molar-refractivity contribution in [2.24, 2.45) is 0 Å². The molecule has 1 aromatic carbocycles. The zero-order valence-corrected chi connectivity index (χ0v) is 16.2. The highest BCUT2D eigenvalue weighted by Gasteiger charge is 2.20. The lowest BCUT2D eigenvalue weighted by atomic mass is 10.0. The summed E-state index contributed by atoms with van der Waals surface area (Å²) in [7, 11) is 1.68. The van der Waals surface area contributed by atoms with E-state index in [2.05, 4.69) is 22.2 Å². The summed E-state index contributed by atoms with van der Waals surface area (Å²) in [6, 6.07) is 7.92. The minimum atomic E-state index is 0.633. The number of pyridine rings is 1. The van der Waals surface area contributed by atoms with Gasteiger partial charge < -0.3 is 9.47 Å². The van der Waals surface area contributed by atoms with Crippen LogP contribution in [0.4, 0.5) is 0 Å². The summed E-state index contributed by atoms with van der Waals surface area (Å²) in [5.41, 5.74) is 3.04. The third-order valence-corrected chi connectivity index (χ3v) is 5.17. The van der Waals surface area contributed by atoms with Gasteiger partial charge in [0.2, 0.25) is 0 Å². The number of nitrogens with zero attached hydrogens (tertiary/aromatic N) is 2. The molecule has 3 rings (SSSR count). The molecule has 25 heavy (non-hydrogen) atoms. The Labute approximate surface area is 158 Å². The predicted molar refractivity (Wildman–Crippen MR) is 105 cm³/mol. The topological polar surface area (TPSA) is 34.6 Å². The van der Waals surface area contributed by atoms with Crippen molar-refractivity contribution in [3.63, 3.8) is 0 Å². The molecule has 0 saturated carbocycles. The highest BCUT2D eigenvalue weighted by Crippen LogP contribution is 2.38. The van der Waals surface area contributed by atoms with Crippen molar-refractivity contribution in [3.05, 3.63) is 41.0 Å². The van der Waals surface area contributed by atoms with Gasteiger partial charge in [-0.25, -0.2) is 0 Å². The molecule has 6 heteroatoms. The Balaban J connectivity index is 1.90. The van der Waals surface area contributed by atoms with Crippen LogP contribution < -0.4 is 9.47 Å². The van der Waals surface area contributed by atoms with Crippen molar-refractivity contribution >= 4 is 23.4 Å². The molecule has 2 aromatic rings. The first kappa shape index (κ1) is 18.4. The Morgan fingerprint density at radius 3 is 2.96 bits per heavy atom. The first-order valence-electron chi connectivity index (χ1n) is 8.38. The number of benzene rings is 1. The second kappa shape index (κ2) is 8.79. The van der Waals surface area contributed by atoms with E-state index in [1.807, 2.05) is 30.0 Å². The molecule has 1 aliphatic heterocycles. The number of hydrogen-bond acceptors (Lipinski definition) is 5. The minimum absolute atomic E-state index is 0.633.